The van der Waals surface area contributed by atoms with Crippen LogP contribution in [0.4, 0.5) is 0 Å². The van der Waals surface area contributed by atoms with Crippen molar-refractivity contribution in [2.75, 3.05) is 7.11 Å². The quantitative estimate of drug-likeness (QED) is 0.717. The third kappa shape index (κ3) is 3.34. The number of ether oxygens (including phenoxy) is 2. The molecule has 1 aliphatic heterocycles. The van der Waals surface area contributed by atoms with E-state index in [1.54, 1.807) is 11.7 Å². The van der Waals surface area contributed by atoms with Crippen LogP contribution in [0.15, 0.2) is 27.9 Å². The molecule has 0 radical (unpaired) electrons. The van der Waals surface area contributed by atoms with E-state index in [2.05, 4.69) is 10.3 Å². The Bertz CT molecular complexity index is 929. The molecule has 2 aromatic rings. The number of aromatic nitrogens is 2. The second kappa shape index (κ2) is 6.99. The van der Waals surface area contributed by atoms with Gasteiger partial charge in [-0.2, -0.15) is 0 Å². The molecule has 27 heavy (non-hydrogen) atoms. The van der Waals surface area contributed by atoms with Gasteiger partial charge in [-0.1, -0.05) is 10.3 Å². The summed E-state index contributed by atoms with van der Waals surface area (Å²) in [6.07, 6.45) is 5.40. The van der Waals surface area contributed by atoms with Gasteiger partial charge < -0.3 is 18.8 Å². The van der Waals surface area contributed by atoms with E-state index in [9.17, 15) is 0 Å². The normalized spacial score (nSPS) is 22.6. The summed E-state index contributed by atoms with van der Waals surface area (Å²) in [5, 5.41) is 8.36. The van der Waals surface area contributed by atoms with Crippen molar-refractivity contribution in [3.05, 3.63) is 34.4 Å². The van der Waals surface area contributed by atoms with E-state index in [0.29, 0.717) is 17.1 Å². The summed E-state index contributed by atoms with van der Waals surface area (Å²) in [6, 6.07) is 5.86. The molecular formula is C19H23N3O4S. The Balaban J connectivity index is 1.58. The van der Waals surface area contributed by atoms with Crippen LogP contribution in [0, 0.1) is 4.84 Å². The zero-order valence-electron chi connectivity index (χ0n) is 15.7. The van der Waals surface area contributed by atoms with Crippen LogP contribution < -0.4 is 9.47 Å². The fourth-order valence-electron chi connectivity index (χ4n) is 3.69. The van der Waals surface area contributed by atoms with Crippen molar-refractivity contribution in [1.29, 1.82) is 0 Å². The molecule has 1 aromatic heterocycles. The van der Waals surface area contributed by atoms with E-state index in [-0.39, 0.29) is 6.10 Å². The van der Waals surface area contributed by atoms with Crippen molar-refractivity contribution in [3.8, 4) is 11.5 Å². The molecule has 1 saturated carbocycles. The number of nitrogens with zero attached hydrogens (tertiary/aromatic N) is 3. The van der Waals surface area contributed by atoms with Crippen molar-refractivity contribution in [3.63, 3.8) is 0 Å². The van der Waals surface area contributed by atoms with Gasteiger partial charge in [-0.25, -0.2) is 0 Å². The van der Waals surface area contributed by atoms with E-state index < -0.39 is 5.60 Å². The highest BCUT2D eigenvalue weighted by molar-refractivity contribution is 7.71. The third-order valence-electron chi connectivity index (χ3n) is 5.23. The van der Waals surface area contributed by atoms with Gasteiger partial charge in [0.2, 0.25) is 5.60 Å². The second-order valence-electron chi connectivity index (χ2n) is 7.26. The van der Waals surface area contributed by atoms with Crippen LogP contribution in [0.5, 0.6) is 11.5 Å². The SMILES string of the molecule is COc1ccc(C2=NOC(C)(c3noc(=S)n3C)C2)cc1OC1CCCC1. The first kappa shape index (κ1) is 18.0. The fourth-order valence-corrected chi connectivity index (χ4v) is 3.81. The van der Waals surface area contributed by atoms with Crippen LogP contribution in [0.2, 0.25) is 0 Å². The Morgan fingerprint density at radius 3 is 2.70 bits per heavy atom. The Labute approximate surface area is 162 Å². The Morgan fingerprint density at radius 2 is 2.04 bits per heavy atom. The Morgan fingerprint density at radius 1 is 1.26 bits per heavy atom. The summed E-state index contributed by atoms with van der Waals surface area (Å²) < 4.78 is 18.5. The zero-order valence-corrected chi connectivity index (χ0v) is 16.5. The average Bonchev–Trinajstić information content (AvgIpc) is 3.38. The Kier molecular flexibility index (Phi) is 4.67. The number of methoxy groups -OCH3 is 1. The van der Waals surface area contributed by atoms with Gasteiger partial charge in [-0.3, -0.25) is 4.57 Å². The molecule has 0 N–H and O–H groups in total. The van der Waals surface area contributed by atoms with E-state index >= 15 is 0 Å². The fraction of sp³-hybridized carbons (Fsp3) is 0.526. The molecule has 0 amide bonds. The molecule has 4 rings (SSSR count). The molecular weight excluding hydrogens is 366 g/mol. The summed E-state index contributed by atoms with van der Waals surface area (Å²) in [5.74, 6) is 2.09. The van der Waals surface area contributed by atoms with Gasteiger partial charge in [0.25, 0.3) is 4.84 Å². The van der Waals surface area contributed by atoms with E-state index in [1.165, 1.54) is 12.8 Å². The van der Waals surface area contributed by atoms with Gasteiger partial charge in [-0.05, 0) is 63.0 Å². The number of benzene rings is 1. The molecule has 1 unspecified atom stereocenters. The predicted molar refractivity (Wildman–Crippen MR) is 102 cm³/mol. The van der Waals surface area contributed by atoms with Crippen LogP contribution >= 0.6 is 12.2 Å². The number of hydrogen-bond donors (Lipinski definition) is 0. The van der Waals surface area contributed by atoms with Gasteiger partial charge in [0.05, 0.1) is 18.9 Å². The molecule has 1 aliphatic carbocycles. The van der Waals surface area contributed by atoms with Crippen LogP contribution in [-0.4, -0.2) is 28.6 Å². The van der Waals surface area contributed by atoms with Crippen LogP contribution in [0.25, 0.3) is 0 Å². The van der Waals surface area contributed by atoms with Crippen molar-refractivity contribution in [1.82, 2.24) is 9.72 Å². The van der Waals surface area contributed by atoms with Gasteiger partial charge in [-0.15, -0.1) is 0 Å². The second-order valence-corrected chi connectivity index (χ2v) is 7.61. The lowest BCUT2D eigenvalue weighted by atomic mass is 9.95. The highest BCUT2D eigenvalue weighted by Gasteiger charge is 2.41. The average molecular weight is 389 g/mol. The lowest BCUT2D eigenvalue weighted by Crippen LogP contribution is -2.26. The van der Waals surface area contributed by atoms with Crippen molar-refractivity contribution in [2.24, 2.45) is 12.2 Å². The molecule has 2 heterocycles. The largest absolute Gasteiger partial charge is 0.493 e. The van der Waals surface area contributed by atoms with Gasteiger partial charge in [0.15, 0.2) is 17.3 Å². The standard InChI is InChI=1S/C19H23N3O4S/c1-19(17-21-25-18(27)22(17)2)11-14(20-26-19)12-8-9-15(23-3)16(10-12)24-13-6-4-5-7-13/h8-10,13H,4-7,11H2,1-3H3. The van der Waals surface area contributed by atoms with E-state index in [4.69, 9.17) is 31.1 Å². The monoisotopic (exact) mass is 389 g/mol. The first-order valence-electron chi connectivity index (χ1n) is 9.13. The summed E-state index contributed by atoms with van der Waals surface area (Å²) in [5.41, 5.74) is 1.04. The minimum absolute atomic E-state index is 0.251. The third-order valence-corrected chi connectivity index (χ3v) is 5.58. The molecule has 1 atom stereocenters. The van der Waals surface area contributed by atoms with Gasteiger partial charge in [0.1, 0.15) is 0 Å². The molecule has 2 aliphatic rings. The van der Waals surface area contributed by atoms with Crippen LogP contribution in [-0.2, 0) is 17.5 Å². The van der Waals surface area contributed by atoms with Gasteiger partial charge in [0, 0.05) is 19.0 Å². The summed E-state index contributed by atoms with van der Waals surface area (Å²) >= 11 is 5.11. The minimum atomic E-state index is -0.725. The maximum absolute atomic E-state index is 6.19. The molecule has 1 fully saturated rings. The number of oxime groups is 1. The maximum Gasteiger partial charge on any atom is 0.297 e. The highest BCUT2D eigenvalue weighted by atomic mass is 32.1. The van der Waals surface area contributed by atoms with E-state index in [1.807, 2.05) is 32.2 Å². The lowest BCUT2D eigenvalue weighted by Gasteiger charge is -2.19. The molecule has 144 valence electrons. The predicted octanol–water partition coefficient (Wildman–Crippen LogP) is 4.11. The number of hydrogen-bond acceptors (Lipinski definition) is 7. The highest BCUT2D eigenvalue weighted by Crippen LogP contribution is 2.38. The van der Waals surface area contributed by atoms with Crippen LogP contribution in [0.3, 0.4) is 0 Å². The molecule has 7 nitrogen and oxygen atoms in total. The molecule has 1 aromatic carbocycles. The first-order valence-corrected chi connectivity index (χ1v) is 9.54. The Hall–Kier alpha value is -2.35. The minimum Gasteiger partial charge on any atom is -0.493 e. The maximum atomic E-state index is 6.19. The topological polar surface area (TPSA) is 71.0 Å². The van der Waals surface area contributed by atoms with E-state index in [0.717, 1.165) is 35.6 Å². The van der Waals surface area contributed by atoms with Crippen molar-refractivity contribution < 1.29 is 18.8 Å². The summed E-state index contributed by atoms with van der Waals surface area (Å²) in [6.45, 7) is 1.93. The molecule has 0 bridgehead atoms. The van der Waals surface area contributed by atoms with Gasteiger partial charge >= 0.3 is 0 Å². The zero-order chi connectivity index (χ0) is 19.0. The number of rotatable bonds is 5. The van der Waals surface area contributed by atoms with Crippen molar-refractivity contribution >= 4 is 17.9 Å². The summed E-state index contributed by atoms with van der Waals surface area (Å²) in [7, 11) is 3.46. The summed E-state index contributed by atoms with van der Waals surface area (Å²) in [4.78, 5) is 6.05. The lowest BCUT2D eigenvalue weighted by molar-refractivity contribution is -0.0181. The molecule has 8 heteroatoms. The smallest absolute Gasteiger partial charge is 0.297 e. The first-order chi connectivity index (χ1) is 13.0. The van der Waals surface area contributed by atoms with Crippen LogP contribution in [0.1, 0.15) is 50.4 Å². The molecule has 0 saturated heterocycles. The van der Waals surface area contributed by atoms with Crippen molar-refractivity contribution in [2.45, 2.75) is 50.7 Å². The molecule has 0 spiro atoms.